The number of nitrogens with zero attached hydrogens (tertiary/aromatic N) is 9. The van der Waals surface area contributed by atoms with Gasteiger partial charge < -0.3 is 24.6 Å². The van der Waals surface area contributed by atoms with Gasteiger partial charge in [0.05, 0.1) is 24.3 Å². The van der Waals surface area contributed by atoms with Gasteiger partial charge in [-0.1, -0.05) is 42.5 Å². The van der Waals surface area contributed by atoms with Gasteiger partial charge in [-0.25, -0.2) is 9.59 Å². The quantitative estimate of drug-likeness (QED) is 0.0819. The zero-order chi connectivity index (χ0) is 44.2. The molecule has 18 heteroatoms. The molecule has 0 fully saturated rings. The van der Waals surface area contributed by atoms with Crippen molar-refractivity contribution in [2.24, 2.45) is 20.5 Å². The molecule has 2 heterocycles. The third-order valence-electron chi connectivity index (χ3n) is 9.35. The molecule has 0 spiro atoms. The van der Waals surface area contributed by atoms with Gasteiger partial charge in [0.2, 0.25) is 11.8 Å². The summed E-state index contributed by atoms with van der Waals surface area (Å²) in [5.41, 5.74) is -2.39. The monoisotopic (exact) mass is 825 g/mol. The first-order chi connectivity index (χ1) is 29.4. The van der Waals surface area contributed by atoms with Gasteiger partial charge >= 0.3 is 11.9 Å². The lowest BCUT2D eigenvalue weighted by molar-refractivity contribution is 0.0517. The van der Waals surface area contributed by atoms with Crippen LogP contribution in [0.25, 0.3) is 0 Å². The van der Waals surface area contributed by atoms with Crippen molar-refractivity contribution >= 4 is 40.6 Å². The smallest absolute Gasteiger partial charge is 0.340 e. The summed E-state index contributed by atoms with van der Waals surface area (Å²) < 4.78 is 11.9. The summed E-state index contributed by atoms with van der Waals surface area (Å²) in [6.07, 6.45) is 0. The summed E-state index contributed by atoms with van der Waals surface area (Å²) in [7, 11) is 0. The van der Waals surface area contributed by atoms with Crippen LogP contribution in [0.2, 0.25) is 0 Å². The van der Waals surface area contributed by atoms with E-state index in [0.717, 1.165) is 9.13 Å². The number of aromatic nitrogens is 2. The number of pyridine rings is 2. The molecule has 0 aliphatic carbocycles. The number of amides is 1. The standard InChI is InChI=1S/C43H39N9O9/c1-5-60-42(58)29-16-10-12-18-33(29)46-48-35-26(3)31(24-44)38(54)51(40(35)56)22-20-50(37(53)28-14-8-7-9-15-28)21-23-52-39(55)32(25-45)27(4)36(41(52)57)49-47-34-19-13-11-17-30(34)43(59)61-6-2/h7-19,56-57H,5-6,20-23H2,1-4H3/b48-46+,49-47+. The molecule has 61 heavy (non-hydrogen) atoms. The van der Waals surface area contributed by atoms with E-state index in [1.807, 2.05) is 12.1 Å². The Labute approximate surface area is 348 Å². The number of hydrogen-bond donors (Lipinski definition) is 2. The number of azo groups is 2. The molecule has 0 saturated heterocycles. The van der Waals surface area contributed by atoms with Gasteiger partial charge in [-0.05, 0) is 64.1 Å². The molecule has 0 saturated carbocycles. The highest BCUT2D eigenvalue weighted by atomic mass is 16.5. The summed E-state index contributed by atoms with van der Waals surface area (Å²) in [4.78, 5) is 67.5. The molecular weight excluding hydrogens is 787 g/mol. The Bertz CT molecular complexity index is 2600. The number of carbonyl (C=O) groups excluding carboxylic acids is 3. The summed E-state index contributed by atoms with van der Waals surface area (Å²) in [6.45, 7) is 4.93. The molecule has 0 aliphatic heterocycles. The van der Waals surface area contributed by atoms with Crippen molar-refractivity contribution in [3.05, 3.63) is 139 Å². The zero-order valence-electron chi connectivity index (χ0n) is 33.5. The minimum absolute atomic E-state index is 0.00989. The number of benzene rings is 3. The first-order valence-electron chi connectivity index (χ1n) is 18.8. The zero-order valence-corrected chi connectivity index (χ0v) is 33.5. The predicted molar refractivity (Wildman–Crippen MR) is 219 cm³/mol. The van der Waals surface area contributed by atoms with Crippen LogP contribution in [0.5, 0.6) is 11.8 Å². The lowest BCUT2D eigenvalue weighted by Crippen LogP contribution is -2.39. The topological polar surface area (TPSA) is 254 Å². The van der Waals surface area contributed by atoms with Crippen molar-refractivity contribution in [2.75, 3.05) is 26.3 Å². The molecule has 3 aromatic carbocycles. The van der Waals surface area contributed by atoms with E-state index in [2.05, 4.69) is 20.5 Å². The normalized spacial score (nSPS) is 11.0. The number of nitriles is 2. The molecule has 310 valence electrons. The van der Waals surface area contributed by atoms with Crippen LogP contribution in [0.4, 0.5) is 22.7 Å². The van der Waals surface area contributed by atoms with Crippen LogP contribution in [-0.4, -0.2) is 68.4 Å². The highest BCUT2D eigenvalue weighted by Crippen LogP contribution is 2.35. The molecule has 0 aliphatic rings. The van der Waals surface area contributed by atoms with Crippen LogP contribution >= 0.6 is 0 Å². The Kier molecular flexibility index (Phi) is 14.3. The maximum absolute atomic E-state index is 14.0. The lowest BCUT2D eigenvalue weighted by atomic mass is 10.1. The van der Waals surface area contributed by atoms with Gasteiger partial charge in [-0.15, -0.1) is 20.5 Å². The minimum Gasteiger partial charge on any atom is -0.493 e. The van der Waals surface area contributed by atoms with Gasteiger partial charge in [-0.3, -0.25) is 23.5 Å². The third kappa shape index (κ3) is 9.56. The van der Waals surface area contributed by atoms with Crippen molar-refractivity contribution in [3.63, 3.8) is 0 Å². The first-order valence-corrected chi connectivity index (χ1v) is 18.8. The number of hydrogen-bond acceptors (Lipinski definition) is 15. The number of ether oxygens (including phenoxy) is 2. The summed E-state index contributed by atoms with van der Waals surface area (Å²) in [6, 6.07) is 24.1. The lowest BCUT2D eigenvalue weighted by Gasteiger charge is -2.25. The van der Waals surface area contributed by atoms with Crippen LogP contribution in [0.3, 0.4) is 0 Å². The van der Waals surface area contributed by atoms with Gasteiger partial charge in [0.25, 0.3) is 17.0 Å². The van der Waals surface area contributed by atoms with E-state index in [-0.39, 0.29) is 88.0 Å². The van der Waals surface area contributed by atoms with E-state index in [4.69, 9.17) is 9.47 Å². The molecule has 2 N–H and O–H groups in total. The molecule has 18 nitrogen and oxygen atoms in total. The van der Waals surface area contributed by atoms with E-state index in [9.17, 15) is 44.7 Å². The molecule has 1 amide bonds. The number of carbonyl (C=O) groups is 3. The first kappa shape index (κ1) is 43.9. The Hall–Kier alpha value is -8.25. The Morgan fingerprint density at radius 2 is 1.03 bits per heavy atom. The van der Waals surface area contributed by atoms with E-state index in [0.29, 0.717) is 0 Å². The number of rotatable bonds is 15. The number of aromatic hydroxyl groups is 2. The van der Waals surface area contributed by atoms with Crippen LogP contribution in [-0.2, 0) is 22.6 Å². The average molecular weight is 826 g/mol. The molecule has 2 aromatic heterocycles. The van der Waals surface area contributed by atoms with Crippen LogP contribution in [0, 0.1) is 36.5 Å². The summed E-state index contributed by atoms with van der Waals surface area (Å²) in [5.74, 6) is -3.25. The third-order valence-corrected chi connectivity index (χ3v) is 9.35. The van der Waals surface area contributed by atoms with Crippen molar-refractivity contribution in [1.29, 1.82) is 10.5 Å². The van der Waals surface area contributed by atoms with E-state index < -0.39 is 53.8 Å². The Balaban J connectivity index is 1.52. The molecule has 5 rings (SSSR count). The second-order valence-electron chi connectivity index (χ2n) is 13.0. The highest BCUT2D eigenvalue weighted by Gasteiger charge is 2.25. The second-order valence-corrected chi connectivity index (χ2v) is 13.0. The van der Waals surface area contributed by atoms with Crippen LogP contribution in [0.1, 0.15) is 67.2 Å². The van der Waals surface area contributed by atoms with E-state index in [1.54, 1.807) is 68.4 Å². The highest BCUT2D eigenvalue weighted by molar-refractivity contribution is 5.95. The maximum Gasteiger partial charge on any atom is 0.340 e. The minimum atomic E-state index is -0.888. The van der Waals surface area contributed by atoms with Crippen molar-refractivity contribution in [2.45, 2.75) is 40.8 Å². The average Bonchev–Trinajstić information content (AvgIpc) is 3.26. The van der Waals surface area contributed by atoms with Crippen molar-refractivity contribution in [1.82, 2.24) is 14.0 Å². The molecular formula is C43H39N9O9. The second kappa shape index (κ2) is 19.9. The Morgan fingerprint density at radius 3 is 1.43 bits per heavy atom. The van der Waals surface area contributed by atoms with E-state index >= 15 is 0 Å². The van der Waals surface area contributed by atoms with Crippen molar-refractivity contribution < 1.29 is 34.1 Å². The summed E-state index contributed by atoms with van der Waals surface area (Å²) in [5, 5.41) is 59.3. The van der Waals surface area contributed by atoms with Gasteiger partial charge in [0, 0.05) is 42.9 Å². The fraction of sp³-hybridized carbons (Fsp3) is 0.233. The fourth-order valence-corrected chi connectivity index (χ4v) is 6.14. The molecule has 0 atom stereocenters. The van der Waals surface area contributed by atoms with Crippen LogP contribution in [0.15, 0.2) is 109 Å². The van der Waals surface area contributed by atoms with Crippen molar-refractivity contribution in [3.8, 4) is 23.9 Å². The molecule has 0 bridgehead atoms. The maximum atomic E-state index is 14.0. The van der Waals surface area contributed by atoms with Gasteiger partial charge in [0.1, 0.15) is 34.6 Å². The van der Waals surface area contributed by atoms with E-state index in [1.165, 1.54) is 43.0 Å². The fourth-order valence-electron chi connectivity index (χ4n) is 6.14. The van der Waals surface area contributed by atoms with Crippen LogP contribution < -0.4 is 11.1 Å². The predicted octanol–water partition coefficient (Wildman–Crippen LogP) is 6.81. The molecule has 0 radical (unpaired) electrons. The van der Waals surface area contributed by atoms with Gasteiger partial charge in [0.15, 0.2) is 11.4 Å². The number of esters is 2. The van der Waals surface area contributed by atoms with Gasteiger partial charge in [-0.2, -0.15) is 10.5 Å². The SMILES string of the molecule is CCOC(=O)c1ccccc1/N=N/c1c(C)c(C#N)c(=O)n(CCN(CCn2c(O)c(/N=N/c3ccccc3C(=O)OCC)c(C)c(C#N)c2=O)C(=O)c2ccccc2)c1O. The molecule has 0 unspecified atom stereocenters. The summed E-state index contributed by atoms with van der Waals surface area (Å²) >= 11 is 0. The largest absolute Gasteiger partial charge is 0.493 e. The Morgan fingerprint density at radius 1 is 0.639 bits per heavy atom. The molecule has 5 aromatic rings.